The van der Waals surface area contributed by atoms with Crippen LogP contribution in [0.25, 0.3) is 6.08 Å². The van der Waals surface area contributed by atoms with Crippen molar-refractivity contribution >= 4 is 17.5 Å². The molecule has 158 valence electrons. The number of nitrogens with zero attached hydrogens (tertiary/aromatic N) is 3. The summed E-state index contributed by atoms with van der Waals surface area (Å²) in [5, 5.41) is 10.6. The average Bonchev–Trinajstić information content (AvgIpc) is 2.77. The van der Waals surface area contributed by atoms with Gasteiger partial charge in [0, 0.05) is 43.8 Å². The normalized spacial score (nSPS) is 12.5. The third-order valence-electron chi connectivity index (χ3n) is 5.33. The molecule has 4 heteroatoms. The number of aliphatic hydroxyl groups is 1. The van der Waals surface area contributed by atoms with Gasteiger partial charge < -0.3 is 19.8 Å². The van der Waals surface area contributed by atoms with E-state index in [4.69, 9.17) is 0 Å². The van der Waals surface area contributed by atoms with E-state index in [1.54, 1.807) is 0 Å². The van der Waals surface area contributed by atoms with Crippen molar-refractivity contribution in [3.63, 3.8) is 0 Å². The van der Waals surface area contributed by atoms with Crippen molar-refractivity contribution < 1.29 is 5.11 Å². The lowest BCUT2D eigenvalue weighted by molar-refractivity contribution is 0.124. The van der Waals surface area contributed by atoms with Crippen LogP contribution in [0.3, 0.4) is 0 Å². The van der Waals surface area contributed by atoms with E-state index in [-0.39, 0.29) is 0 Å². The molecule has 0 radical (unpaired) electrons. The summed E-state index contributed by atoms with van der Waals surface area (Å²) in [4.78, 5) is 6.73. The van der Waals surface area contributed by atoms with Crippen molar-refractivity contribution in [2.24, 2.45) is 0 Å². The van der Waals surface area contributed by atoms with Gasteiger partial charge in [-0.1, -0.05) is 44.2 Å². The lowest BCUT2D eigenvalue weighted by Gasteiger charge is -2.27. The standard InChI is InChI=1S/C25H37N3O/c1-5-26(6-2)20-25(29)21-28(23-12-10-9-11-13-23)19-18-22-14-16-24(17-15-22)27(7-3)8-4/h9-19,25,29H,5-8,20-21H2,1-4H3/b19-18+. The monoisotopic (exact) mass is 395 g/mol. The molecule has 0 aliphatic rings. The van der Waals surface area contributed by atoms with E-state index in [0.29, 0.717) is 13.1 Å². The van der Waals surface area contributed by atoms with E-state index in [2.05, 4.69) is 91.1 Å². The maximum Gasteiger partial charge on any atom is 0.0845 e. The molecule has 4 nitrogen and oxygen atoms in total. The summed E-state index contributed by atoms with van der Waals surface area (Å²) in [5.74, 6) is 0. The lowest BCUT2D eigenvalue weighted by Crippen LogP contribution is -2.38. The summed E-state index contributed by atoms with van der Waals surface area (Å²) >= 11 is 0. The van der Waals surface area contributed by atoms with Gasteiger partial charge in [-0.25, -0.2) is 0 Å². The van der Waals surface area contributed by atoms with Gasteiger partial charge in [-0.2, -0.15) is 0 Å². The first-order chi connectivity index (χ1) is 14.1. The molecular weight excluding hydrogens is 358 g/mol. The molecular formula is C25H37N3O. The van der Waals surface area contributed by atoms with Crippen molar-refractivity contribution in [3.8, 4) is 0 Å². The number of hydrogen-bond acceptors (Lipinski definition) is 4. The second kappa shape index (κ2) is 12.3. The summed E-state index contributed by atoms with van der Waals surface area (Å²) < 4.78 is 0. The molecule has 0 spiro atoms. The first kappa shape index (κ1) is 23.0. The minimum atomic E-state index is -0.412. The number of anilines is 2. The quantitative estimate of drug-likeness (QED) is 0.564. The SMILES string of the molecule is CCN(CC)CC(O)CN(/C=C/c1ccc(N(CC)CC)cc1)c1ccccc1. The fourth-order valence-corrected chi connectivity index (χ4v) is 3.50. The molecule has 0 bridgehead atoms. The molecule has 0 heterocycles. The molecule has 2 aromatic carbocycles. The van der Waals surface area contributed by atoms with Gasteiger partial charge in [0.1, 0.15) is 0 Å². The van der Waals surface area contributed by atoms with Crippen molar-refractivity contribution in [2.75, 3.05) is 49.1 Å². The van der Waals surface area contributed by atoms with E-state index in [1.807, 2.05) is 18.2 Å². The Balaban J connectivity index is 2.13. The summed E-state index contributed by atoms with van der Waals surface area (Å²) in [6.07, 6.45) is 3.78. The molecule has 0 aliphatic carbocycles. The van der Waals surface area contributed by atoms with Crippen LogP contribution in [0.15, 0.2) is 60.8 Å². The Morgan fingerprint density at radius 2 is 1.38 bits per heavy atom. The highest BCUT2D eigenvalue weighted by Crippen LogP contribution is 2.18. The van der Waals surface area contributed by atoms with Gasteiger partial charge >= 0.3 is 0 Å². The van der Waals surface area contributed by atoms with E-state index < -0.39 is 6.10 Å². The summed E-state index contributed by atoms with van der Waals surface area (Å²) in [7, 11) is 0. The number of para-hydroxylation sites is 1. The van der Waals surface area contributed by atoms with Gasteiger partial charge in [0.25, 0.3) is 0 Å². The third kappa shape index (κ3) is 7.22. The molecule has 0 saturated heterocycles. The Morgan fingerprint density at radius 3 is 1.93 bits per heavy atom. The molecule has 2 rings (SSSR count). The number of rotatable bonds is 12. The summed E-state index contributed by atoms with van der Waals surface area (Å²) in [5.41, 5.74) is 3.49. The van der Waals surface area contributed by atoms with E-state index in [0.717, 1.165) is 37.4 Å². The zero-order valence-electron chi connectivity index (χ0n) is 18.5. The molecule has 1 atom stereocenters. The highest BCUT2D eigenvalue weighted by atomic mass is 16.3. The van der Waals surface area contributed by atoms with Crippen molar-refractivity contribution in [1.29, 1.82) is 0 Å². The van der Waals surface area contributed by atoms with Gasteiger partial charge in [0.15, 0.2) is 0 Å². The van der Waals surface area contributed by atoms with Crippen LogP contribution in [0.5, 0.6) is 0 Å². The van der Waals surface area contributed by atoms with E-state index >= 15 is 0 Å². The molecule has 0 aliphatic heterocycles. The summed E-state index contributed by atoms with van der Waals surface area (Å²) in [6, 6.07) is 18.9. The predicted molar refractivity (Wildman–Crippen MR) is 127 cm³/mol. The molecule has 29 heavy (non-hydrogen) atoms. The zero-order chi connectivity index (χ0) is 21.1. The number of benzene rings is 2. The zero-order valence-corrected chi connectivity index (χ0v) is 18.5. The maximum absolute atomic E-state index is 10.6. The Hall–Kier alpha value is -2.30. The molecule has 1 unspecified atom stereocenters. The number of likely N-dealkylation sites (N-methyl/N-ethyl adjacent to an activating group) is 1. The van der Waals surface area contributed by atoms with Gasteiger partial charge in [-0.05, 0) is 62.8 Å². The van der Waals surface area contributed by atoms with Crippen LogP contribution >= 0.6 is 0 Å². The van der Waals surface area contributed by atoms with Crippen LogP contribution in [0, 0.1) is 0 Å². The Labute approximate surface area is 177 Å². The molecule has 0 aromatic heterocycles. The van der Waals surface area contributed by atoms with Crippen LogP contribution in [0.4, 0.5) is 11.4 Å². The van der Waals surface area contributed by atoms with Crippen LogP contribution in [-0.4, -0.2) is 55.4 Å². The first-order valence-electron chi connectivity index (χ1n) is 10.9. The summed E-state index contributed by atoms with van der Waals surface area (Å²) in [6.45, 7) is 13.8. The Bertz CT molecular complexity index is 707. The molecule has 1 N–H and O–H groups in total. The van der Waals surface area contributed by atoms with Crippen molar-refractivity contribution in [1.82, 2.24) is 4.90 Å². The maximum atomic E-state index is 10.6. The topological polar surface area (TPSA) is 30.0 Å². The van der Waals surface area contributed by atoms with Crippen LogP contribution < -0.4 is 9.80 Å². The van der Waals surface area contributed by atoms with E-state index in [9.17, 15) is 5.11 Å². The van der Waals surface area contributed by atoms with Crippen molar-refractivity contribution in [2.45, 2.75) is 33.8 Å². The predicted octanol–water partition coefficient (Wildman–Crippen LogP) is 4.71. The minimum absolute atomic E-state index is 0.412. The van der Waals surface area contributed by atoms with Crippen molar-refractivity contribution in [3.05, 3.63) is 66.4 Å². The highest BCUT2D eigenvalue weighted by Gasteiger charge is 2.13. The Kier molecular flexibility index (Phi) is 9.75. The smallest absolute Gasteiger partial charge is 0.0845 e. The minimum Gasteiger partial charge on any atom is -0.390 e. The van der Waals surface area contributed by atoms with Crippen LogP contribution in [0.2, 0.25) is 0 Å². The number of aliphatic hydroxyl groups excluding tert-OH is 1. The molecule has 2 aromatic rings. The van der Waals surface area contributed by atoms with Gasteiger partial charge in [0.05, 0.1) is 6.10 Å². The number of hydrogen-bond donors (Lipinski definition) is 1. The second-order valence-corrected chi connectivity index (χ2v) is 7.21. The fourth-order valence-electron chi connectivity index (χ4n) is 3.50. The van der Waals surface area contributed by atoms with Crippen LogP contribution in [-0.2, 0) is 0 Å². The van der Waals surface area contributed by atoms with E-state index in [1.165, 1.54) is 5.69 Å². The molecule has 0 amide bonds. The first-order valence-corrected chi connectivity index (χ1v) is 10.9. The molecule has 0 saturated carbocycles. The van der Waals surface area contributed by atoms with Gasteiger partial charge in [-0.3, -0.25) is 0 Å². The second-order valence-electron chi connectivity index (χ2n) is 7.21. The van der Waals surface area contributed by atoms with Crippen LogP contribution in [0.1, 0.15) is 33.3 Å². The third-order valence-corrected chi connectivity index (χ3v) is 5.33. The average molecular weight is 396 g/mol. The Morgan fingerprint density at radius 1 is 0.759 bits per heavy atom. The van der Waals surface area contributed by atoms with Gasteiger partial charge in [0.2, 0.25) is 0 Å². The molecule has 0 fully saturated rings. The van der Waals surface area contributed by atoms with Gasteiger partial charge in [-0.15, -0.1) is 0 Å². The lowest BCUT2D eigenvalue weighted by atomic mass is 10.2. The largest absolute Gasteiger partial charge is 0.390 e. The highest BCUT2D eigenvalue weighted by molar-refractivity contribution is 5.60. The fraction of sp³-hybridized carbons (Fsp3) is 0.440.